The molecule has 1 aromatic rings. The molecular formula is C26H38N2OS. The van der Waals surface area contributed by atoms with Crippen LogP contribution in [-0.4, -0.2) is 30.5 Å². The van der Waals surface area contributed by atoms with Crippen molar-refractivity contribution in [3.05, 3.63) is 35.9 Å². The average Bonchev–Trinajstić information content (AvgIpc) is 2.77. The molecule has 0 saturated heterocycles. The Morgan fingerprint density at radius 1 is 1.07 bits per heavy atom. The standard InChI is InChI=1S/C26H38N2OS/c1-30-16-23-19-11-25(21-5-3-2-4-6-21)12-20(23)14-26(13-19,17-25)24(29)28-22-9-7-18(15-27)8-10-22/h2-6,18-20,22-23H,7-17,27H2,1H3,(H,28,29). The molecule has 5 saturated carbocycles. The van der Waals surface area contributed by atoms with E-state index in [-0.39, 0.29) is 10.8 Å². The van der Waals surface area contributed by atoms with Crippen molar-refractivity contribution in [2.24, 2.45) is 34.8 Å². The molecule has 4 heteroatoms. The molecule has 1 aromatic carbocycles. The molecule has 3 nitrogen and oxygen atoms in total. The van der Waals surface area contributed by atoms with Crippen molar-refractivity contribution < 1.29 is 4.79 Å². The van der Waals surface area contributed by atoms with Gasteiger partial charge in [-0.2, -0.15) is 11.8 Å². The number of benzene rings is 1. The molecule has 5 aliphatic carbocycles. The number of nitrogens with one attached hydrogen (secondary N) is 1. The fourth-order valence-corrected chi connectivity index (χ4v) is 8.92. The van der Waals surface area contributed by atoms with Crippen LogP contribution in [0.1, 0.15) is 63.4 Å². The Balaban J connectivity index is 1.39. The van der Waals surface area contributed by atoms with Crippen LogP contribution in [0.4, 0.5) is 0 Å². The number of thioether (sulfide) groups is 1. The number of amides is 1. The van der Waals surface area contributed by atoms with E-state index < -0.39 is 0 Å². The maximum absolute atomic E-state index is 13.8. The molecule has 5 aliphatic rings. The van der Waals surface area contributed by atoms with Crippen LogP contribution in [-0.2, 0) is 10.2 Å². The number of carbonyl (C=O) groups excluding carboxylic acids is 1. The summed E-state index contributed by atoms with van der Waals surface area (Å²) in [5, 5.41) is 3.55. The quantitative estimate of drug-likeness (QED) is 0.690. The van der Waals surface area contributed by atoms with Gasteiger partial charge in [-0.05, 0) is 111 Å². The second-order valence-corrected chi connectivity index (χ2v) is 11.9. The summed E-state index contributed by atoms with van der Waals surface area (Å²) < 4.78 is 0. The van der Waals surface area contributed by atoms with Gasteiger partial charge in [-0.15, -0.1) is 0 Å². The predicted molar refractivity (Wildman–Crippen MR) is 125 cm³/mol. The Bertz CT molecular complexity index is 742. The number of nitrogens with two attached hydrogens (primary N) is 1. The first-order chi connectivity index (χ1) is 14.6. The van der Waals surface area contributed by atoms with E-state index >= 15 is 0 Å². The molecule has 5 fully saturated rings. The first-order valence-corrected chi connectivity index (χ1v) is 13.5. The molecule has 0 radical (unpaired) electrons. The van der Waals surface area contributed by atoms with Crippen LogP contribution in [0, 0.1) is 29.1 Å². The lowest BCUT2D eigenvalue weighted by molar-refractivity contribution is -0.156. The van der Waals surface area contributed by atoms with E-state index in [1.54, 1.807) is 0 Å². The van der Waals surface area contributed by atoms with Gasteiger partial charge in [-0.3, -0.25) is 4.79 Å². The highest BCUT2D eigenvalue weighted by molar-refractivity contribution is 7.98. The summed E-state index contributed by atoms with van der Waals surface area (Å²) in [6, 6.07) is 11.5. The van der Waals surface area contributed by atoms with E-state index in [2.05, 4.69) is 41.9 Å². The summed E-state index contributed by atoms with van der Waals surface area (Å²) >= 11 is 2.00. The van der Waals surface area contributed by atoms with Gasteiger partial charge in [0.2, 0.25) is 5.91 Å². The maximum atomic E-state index is 13.8. The third-order valence-corrected chi connectivity index (χ3v) is 9.96. The summed E-state index contributed by atoms with van der Waals surface area (Å²) in [4.78, 5) is 13.8. The van der Waals surface area contributed by atoms with Crippen LogP contribution >= 0.6 is 11.8 Å². The van der Waals surface area contributed by atoms with Crippen molar-refractivity contribution in [2.45, 2.75) is 69.2 Å². The SMILES string of the molecule is CSCC1C2CC3(C(=O)NC4CCC(CN)CC4)CC1CC(c1ccccc1)(C2)C3. The number of hydrogen-bond acceptors (Lipinski definition) is 3. The molecule has 3 N–H and O–H groups in total. The van der Waals surface area contributed by atoms with Crippen molar-refractivity contribution in [1.82, 2.24) is 5.32 Å². The third kappa shape index (κ3) is 3.52. The minimum Gasteiger partial charge on any atom is -0.353 e. The highest BCUT2D eigenvalue weighted by Crippen LogP contribution is 2.67. The summed E-state index contributed by atoms with van der Waals surface area (Å²) in [7, 11) is 0. The van der Waals surface area contributed by atoms with E-state index in [1.807, 2.05) is 11.8 Å². The Labute approximate surface area is 186 Å². The molecular weight excluding hydrogens is 388 g/mol. The third-order valence-electron chi connectivity index (χ3n) is 9.24. The van der Waals surface area contributed by atoms with Crippen LogP contribution in [0.2, 0.25) is 0 Å². The number of rotatable bonds is 6. The van der Waals surface area contributed by atoms with Gasteiger partial charge >= 0.3 is 0 Å². The molecule has 164 valence electrons. The Morgan fingerprint density at radius 2 is 1.73 bits per heavy atom. The lowest BCUT2D eigenvalue weighted by atomic mass is 9.40. The Morgan fingerprint density at radius 3 is 2.33 bits per heavy atom. The highest BCUT2D eigenvalue weighted by Gasteiger charge is 2.63. The Kier molecular flexibility index (Phi) is 5.68. The first-order valence-electron chi connectivity index (χ1n) is 12.1. The van der Waals surface area contributed by atoms with E-state index in [9.17, 15) is 4.79 Å². The van der Waals surface area contributed by atoms with Gasteiger partial charge in [0.15, 0.2) is 0 Å². The predicted octanol–water partition coefficient (Wildman–Crippen LogP) is 4.75. The maximum Gasteiger partial charge on any atom is 0.226 e. The first kappa shape index (κ1) is 20.9. The molecule has 2 unspecified atom stereocenters. The normalized spacial score (nSPS) is 42.3. The van der Waals surface area contributed by atoms with Crippen molar-refractivity contribution in [2.75, 3.05) is 18.6 Å². The minimum absolute atomic E-state index is 0.138. The zero-order valence-corrected chi connectivity index (χ0v) is 19.3. The van der Waals surface area contributed by atoms with Crippen LogP contribution in [0.3, 0.4) is 0 Å². The molecule has 4 bridgehead atoms. The van der Waals surface area contributed by atoms with Crippen LogP contribution in [0.25, 0.3) is 0 Å². The van der Waals surface area contributed by atoms with E-state index in [1.165, 1.54) is 37.0 Å². The molecule has 6 rings (SSSR count). The average molecular weight is 427 g/mol. The molecule has 0 aliphatic heterocycles. The molecule has 30 heavy (non-hydrogen) atoms. The van der Waals surface area contributed by atoms with Gasteiger partial charge in [0.1, 0.15) is 0 Å². The Hall–Kier alpha value is -1.00. The lowest BCUT2D eigenvalue weighted by Crippen LogP contribution is -2.63. The van der Waals surface area contributed by atoms with Gasteiger partial charge in [-0.25, -0.2) is 0 Å². The smallest absolute Gasteiger partial charge is 0.226 e. The van der Waals surface area contributed by atoms with E-state index in [4.69, 9.17) is 5.73 Å². The second-order valence-electron chi connectivity index (χ2n) is 11.0. The molecule has 2 atom stereocenters. The minimum atomic E-state index is -0.138. The summed E-state index contributed by atoms with van der Waals surface area (Å²) in [6.07, 6.45) is 12.7. The van der Waals surface area contributed by atoms with Crippen molar-refractivity contribution in [3.8, 4) is 0 Å². The summed E-state index contributed by atoms with van der Waals surface area (Å²) in [6.45, 7) is 0.796. The van der Waals surface area contributed by atoms with Crippen molar-refractivity contribution in [3.63, 3.8) is 0 Å². The van der Waals surface area contributed by atoms with Gasteiger partial charge in [-0.1, -0.05) is 30.3 Å². The summed E-state index contributed by atoms with van der Waals surface area (Å²) in [5.74, 6) is 4.52. The molecule has 1 amide bonds. The van der Waals surface area contributed by atoms with Crippen LogP contribution in [0.15, 0.2) is 30.3 Å². The lowest BCUT2D eigenvalue weighted by Gasteiger charge is -2.64. The monoisotopic (exact) mass is 426 g/mol. The fraction of sp³-hybridized carbons (Fsp3) is 0.731. The number of hydrogen-bond donors (Lipinski definition) is 2. The fourth-order valence-electron chi connectivity index (χ4n) is 7.99. The zero-order chi connectivity index (χ0) is 20.8. The highest BCUT2D eigenvalue weighted by atomic mass is 32.2. The molecule has 0 aromatic heterocycles. The number of carbonyl (C=O) groups is 1. The topological polar surface area (TPSA) is 55.1 Å². The van der Waals surface area contributed by atoms with Gasteiger partial charge in [0.25, 0.3) is 0 Å². The van der Waals surface area contributed by atoms with E-state index in [0.717, 1.165) is 44.6 Å². The second kappa shape index (κ2) is 8.16. The van der Waals surface area contributed by atoms with E-state index in [0.29, 0.717) is 29.7 Å². The molecule has 0 spiro atoms. The zero-order valence-electron chi connectivity index (χ0n) is 18.4. The van der Waals surface area contributed by atoms with Gasteiger partial charge in [0.05, 0.1) is 5.41 Å². The van der Waals surface area contributed by atoms with Gasteiger partial charge < -0.3 is 11.1 Å². The largest absolute Gasteiger partial charge is 0.353 e. The van der Waals surface area contributed by atoms with Crippen LogP contribution < -0.4 is 11.1 Å². The van der Waals surface area contributed by atoms with Crippen LogP contribution in [0.5, 0.6) is 0 Å². The van der Waals surface area contributed by atoms with Crippen molar-refractivity contribution >= 4 is 17.7 Å². The molecule has 0 heterocycles. The van der Waals surface area contributed by atoms with Gasteiger partial charge in [0, 0.05) is 6.04 Å². The summed E-state index contributed by atoms with van der Waals surface area (Å²) in [5.41, 5.74) is 7.44. The van der Waals surface area contributed by atoms with Crippen molar-refractivity contribution in [1.29, 1.82) is 0 Å².